The summed E-state index contributed by atoms with van der Waals surface area (Å²) in [5, 5.41) is 9.49. The summed E-state index contributed by atoms with van der Waals surface area (Å²) in [6.07, 6.45) is 1.53. The van der Waals surface area contributed by atoms with Gasteiger partial charge in [-0.1, -0.05) is 11.6 Å². The van der Waals surface area contributed by atoms with E-state index in [0.717, 1.165) is 0 Å². The summed E-state index contributed by atoms with van der Waals surface area (Å²) in [6.45, 7) is 0. The van der Waals surface area contributed by atoms with E-state index in [-0.39, 0.29) is 5.69 Å². The van der Waals surface area contributed by atoms with Crippen LogP contribution in [0.2, 0.25) is 5.02 Å². The van der Waals surface area contributed by atoms with Crippen molar-refractivity contribution in [3.8, 4) is 17.2 Å². The van der Waals surface area contributed by atoms with Gasteiger partial charge in [-0.05, 0) is 18.2 Å². The van der Waals surface area contributed by atoms with E-state index < -0.39 is 5.97 Å². The van der Waals surface area contributed by atoms with Crippen molar-refractivity contribution in [1.29, 1.82) is 0 Å². The maximum atomic E-state index is 11.2. The molecule has 2 rings (SSSR count). The van der Waals surface area contributed by atoms with Crippen LogP contribution in [0.1, 0.15) is 10.5 Å². The summed E-state index contributed by atoms with van der Waals surface area (Å²) < 4.78 is 11.8. The Morgan fingerprint density at radius 1 is 1.21 bits per heavy atom. The first-order chi connectivity index (χ1) is 9.06. The van der Waals surface area contributed by atoms with Gasteiger partial charge >= 0.3 is 5.97 Å². The van der Waals surface area contributed by atoms with E-state index >= 15 is 0 Å². The summed E-state index contributed by atoms with van der Waals surface area (Å²) in [5.41, 5.74) is 0.708. The summed E-state index contributed by atoms with van der Waals surface area (Å²) >= 11 is 5.85. The Morgan fingerprint density at radius 3 is 2.47 bits per heavy atom. The van der Waals surface area contributed by atoms with Crippen LogP contribution < -0.4 is 9.47 Å². The van der Waals surface area contributed by atoms with Gasteiger partial charge in [0.2, 0.25) is 0 Å². The van der Waals surface area contributed by atoms with Crippen LogP contribution in [-0.2, 0) is 0 Å². The van der Waals surface area contributed by atoms with Gasteiger partial charge in [-0.25, -0.2) is 4.79 Å². The van der Waals surface area contributed by atoms with Crippen LogP contribution in [0, 0.1) is 0 Å². The van der Waals surface area contributed by atoms with E-state index in [1.165, 1.54) is 31.0 Å². The number of ether oxygens (including phenoxy) is 2. The van der Waals surface area contributed by atoms with Crippen molar-refractivity contribution in [1.82, 2.24) is 4.57 Å². The number of benzene rings is 1. The monoisotopic (exact) mass is 281 g/mol. The van der Waals surface area contributed by atoms with Crippen molar-refractivity contribution in [2.45, 2.75) is 0 Å². The predicted octanol–water partition coefficient (Wildman–Crippen LogP) is 2.85. The van der Waals surface area contributed by atoms with Gasteiger partial charge in [-0.15, -0.1) is 0 Å². The lowest BCUT2D eigenvalue weighted by atomic mass is 10.2. The third-order valence-corrected chi connectivity index (χ3v) is 2.86. The fraction of sp³-hybridized carbons (Fsp3) is 0.154. The first kappa shape index (κ1) is 13.3. The number of halogens is 1. The van der Waals surface area contributed by atoms with Crippen molar-refractivity contribution >= 4 is 17.6 Å². The fourth-order valence-electron chi connectivity index (χ4n) is 1.78. The van der Waals surface area contributed by atoms with E-state index in [4.69, 9.17) is 26.2 Å². The van der Waals surface area contributed by atoms with Gasteiger partial charge < -0.3 is 19.1 Å². The molecule has 100 valence electrons. The smallest absolute Gasteiger partial charge is 0.352 e. The molecule has 0 aliphatic rings. The number of methoxy groups -OCH3 is 2. The Kier molecular flexibility index (Phi) is 3.66. The number of hydrogen-bond acceptors (Lipinski definition) is 3. The van der Waals surface area contributed by atoms with E-state index in [9.17, 15) is 4.79 Å². The maximum absolute atomic E-state index is 11.2. The number of carboxylic acids is 1. The molecule has 0 aliphatic heterocycles. The van der Waals surface area contributed by atoms with Crippen LogP contribution in [0.25, 0.3) is 5.69 Å². The fourth-order valence-corrected chi connectivity index (χ4v) is 1.98. The molecule has 0 aliphatic carbocycles. The Bertz CT molecular complexity index is 621. The highest BCUT2D eigenvalue weighted by Crippen LogP contribution is 2.30. The van der Waals surface area contributed by atoms with Crippen LogP contribution in [-0.4, -0.2) is 29.9 Å². The number of nitrogens with zero attached hydrogens (tertiary/aromatic N) is 1. The van der Waals surface area contributed by atoms with Crippen molar-refractivity contribution in [3.05, 3.63) is 41.2 Å². The molecule has 0 atom stereocenters. The summed E-state index contributed by atoms with van der Waals surface area (Å²) in [4.78, 5) is 11.2. The number of aromatic nitrogens is 1. The van der Waals surface area contributed by atoms with Gasteiger partial charge in [0.25, 0.3) is 0 Å². The summed E-state index contributed by atoms with van der Waals surface area (Å²) in [6, 6.07) is 6.50. The number of rotatable bonds is 4. The molecule has 0 unspecified atom stereocenters. The lowest BCUT2D eigenvalue weighted by Crippen LogP contribution is -2.05. The molecule has 0 spiro atoms. The molecule has 19 heavy (non-hydrogen) atoms. The van der Waals surface area contributed by atoms with Crippen LogP contribution in [0.5, 0.6) is 11.5 Å². The summed E-state index contributed by atoms with van der Waals surface area (Å²) in [7, 11) is 3.05. The molecular formula is C13H12ClNO4. The highest BCUT2D eigenvalue weighted by molar-refractivity contribution is 6.31. The number of aromatic carboxylic acids is 1. The highest BCUT2D eigenvalue weighted by atomic mass is 35.5. The zero-order valence-electron chi connectivity index (χ0n) is 10.4. The molecule has 0 saturated heterocycles. The van der Waals surface area contributed by atoms with Gasteiger partial charge in [0, 0.05) is 18.0 Å². The second-order valence-electron chi connectivity index (χ2n) is 3.76. The van der Waals surface area contributed by atoms with Gasteiger partial charge in [0.15, 0.2) is 11.5 Å². The Labute approximate surface area is 114 Å². The Hall–Kier alpha value is -2.14. The average Bonchev–Trinajstić information content (AvgIpc) is 2.80. The molecule has 0 saturated carbocycles. The van der Waals surface area contributed by atoms with Gasteiger partial charge in [-0.2, -0.15) is 0 Å². The minimum atomic E-state index is -1.05. The largest absolute Gasteiger partial charge is 0.493 e. The molecule has 0 radical (unpaired) electrons. The van der Waals surface area contributed by atoms with Crippen molar-refractivity contribution < 1.29 is 19.4 Å². The molecular weight excluding hydrogens is 270 g/mol. The van der Waals surface area contributed by atoms with Crippen molar-refractivity contribution in [2.75, 3.05) is 14.2 Å². The molecule has 0 amide bonds. The minimum Gasteiger partial charge on any atom is -0.493 e. The third-order valence-electron chi connectivity index (χ3n) is 2.65. The van der Waals surface area contributed by atoms with E-state index in [1.807, 2.05) is 0 Å². The molecule has 1 heterocycles. The van der Waals surface area contributed by atoms with Crippen LogP contribution >= 0.6 is 11.6 Å². The topological polar surface area (TPSA) is 60.7 Å². The highest BCUT2D eigenvalue weighted by Gasteiger charge is 2.14. The molecule has 6 heteroatoms. The zero-order chi connectivity index (χ0) is 14.0. The quantitative estimate of drug-likeness (QED) is 0.936. The lowest BCUT2D eigenvalue weighted by molar-refractivity contribution is 0.0688. The molecule has 5 nitrogen and oxygen atoms in total. The molecule has 0 bridgehead atoms. The van der Waals surface area contributed by atoms with Gasteiger partial charge in [-0.3, -0.25) is 0 Å². The molecule has 1 N–H and O–H groups in total. The number of carboxylic acid groups (broad SMARTS) is 1. The average molecular weight is 282 g/mol. The summed E-state index contributed by atoms with van der Waals surface area (Å²) in [5.74, 6) is 0.0317. The first-order valence-electron chi connectivity index (χ1n) is 5.40. The van der Waals surface area contributed by atoms with E-state index in [0.29, 0.717) is 22.2 Å². The molecule has 1 aromatic carbocycles. The van der Waals surface area contributed by atoms with Crippen LogP contribution in [0.15, 0.2) is 30.5 Å². The second-order valence-corrected chi connectivity index (χ2v) is 4.19. The maximum Gasteiger partial charge on any atom is 0.352 e. The van der Waals surface area contributed by atoms with E-state index in [2.05, 4.69) is 0 Å². The minimum absolute atomic E-state index is 0.0808. The number of carbonyl (C=O) groups is 1. The Balaban J connectivity index is 2.56. The van der Waals surface area contributed by atoms with Crippen molar-refractivity contribution in [2.24, 2.45) is 0 Å². The normalized spacial score (nSPS) is 10.3. The second kappa shape index (κ2) is 5.24. The van der Waals surface area contributed by atoms with E-state index in [1.54, 1.807) is 18.2 Å². The SMILES string of the molecule is COc1ccc(-n2cc(Cl)cc2C(=O)O)cc1OC. The first-order valence-corrected chi connectivity index (χ1v) is 5.78. The third kappa shape index (κ3) is 2.51. The predicted molar refractivity (Wildman–Crippen MR) is 70.8 cm³/mol. The van der Waals surface area contributed by atoms with Crippen LogP contribution in [0.4, 0.5) is 0 Å². The molecule has 2 aromatic rings. The lowest BCUT2D eigenvalue weighted by Gasteiger charge is -2.11. The zero-order valence-corrected chi connectivity index (χ0v) is 11.1. The van der Waals surface area contributed by atoms with Crippen molar-refractivity contribution in [3.63, 3.8) is 0 Å². The molecule has 1 aromatic heterocycles. The van der Waals surface area contributed by atoms with Crippen LogP contribution in [0.3, 0.4) is 0 Å². The van der Waals surface area contributed by atoms with Gasteiger partial charge in [0.05, 0.1) is 19.2 Å². The standard InChI is InChI=1S/C13H12ClNO4/c1-18-11-4-3-9(6-12(11)19-2)15-7-8(14)5-10(15)13(16)17/h3-7H,1-2H3,(H,16,17). The Morgan fingerprint density at radius 2 is 1.89 bits per heavy atom. The molecule has 0 fully saturated rings. The number of hydrogen-bond donors (Lipinski definition) is 1. The van der Waals surface area contributed by atoms with Gasteiger partial charge in [0.1, 0.15) is 5.69 Å².